The average molecular weight is 210 g/mol. The van der Waals surface area contributed by atoms with Crippen LogP contribution in [0.5, 0.6) is 0 Å². The van der Waals surface area contributed by atoms with Crippen LogP contribution < -0.4 is 5.32 Å². The van der Waals surface area contributed by atoms with E-state index in [4.69, 9.17) is 0 Å². The summed E-state index contributed by atoms with van der Waals surface area (Å²) in [5.74, 6) is 0.287. The van der Waals surface area contributed by atoms with Crippen LogP contribution >= 0.6 is 0 Å². The van der Waals surface area contributed by atoms with Crippen LogP contribution in [0.3, 0.4) is 0 Å². The van der Waals surface area contributed by atoms with Crippen LogP contribution in [0.1, 0.15) is 20.3 Å². The van der Waals surface area contributed by atoms with Gasteiger partial charge in [-0.25, -0.2) is 4.68 Å². The summed E-state index contributed by atoms with van der Waals surface area (Å²) in [5.41, 5.74) is 0. The maximum atomic E-state index is 11.3. The van der Waals surface area contributed by atoms with E-state index in [1.807, 2.05) is 6.92 Å². The van der Waals surface area contributed by atoms with E-state index in [1.54, 1.807) is 11.1 Å². The number of hydrogen-bond acceptors (Lipinski definition) is 4. The van der Waals surface area contributed by atoms with E-state index in [9.17, 15) is 4.79 Å². The number of tetrazole rings is 1. The topological polar surface area (TPSA) is 72.7 Å². The van der Waals surface area contributed by atoms with Gasteiger partial charge in [-0.1, -0.05) is 20.3 Å². The summed E-state index contributed by atoms with van der Waals surface area (Å²) in [7, 11) is 0. The van der Waals surface area contributed by atoms with Crippen molar-refractivity contribution >= 4 is 5.91 Å². The molecule has 6 heteroatoms. The lowest BCUT2D eigenvalue weighted by Gasteiger charge is -2.08. The third-order valence-electron chi connectivity index (χ3n) is 2.11. The van der Waals surface area contributed by atoms with Gasteiger partial charge in [-0.15, -0.1) is 5.10 Å². The minimum absolute atomic E-state index is 0.0302. The van der Waals surface area contributed by atoms with Gasteiger partial charge in [0.25, 0.3) is 0 Å². The molecule has 1 amide bonds. The molecule has 0 saturated carbocycles. The first-order valence-corrected chi connectivity index (χ1v) is 5.06. The summed E-state index contributed by atoms with van der Waals surface area (Å²) in [6.45, 7) is 5.19. The Morgan fingerprint density at radius 2 is 2.47 bits per heavy atom. The number of carbonyl (C=O) groups is 1. The second-order valence-electron chi connectivity index (χ2n) is 3.42. The van der Waals surface area contributed by atoms with Gasteiger partial charge in [-0.2, -0.15) is 0 Å². The Kier molecular flexibility index (Phi) is 4.73. The summed E-state index contributed by atoms with van der Waals surface area (Å²) in [5, 5.41) is 13.4. The van der Waals surface area contributed by atoms with Crippen molar-refractivity contribution in [3.63, 3.8) is 0 Å². The van der Waals surface area contributed by atoms with Crippen molar-refractivity contribution in [1.29, 1.82) is 0 Å². The van der Waals surface area contributed by atoms with Gasteiger partial charge in [0.15, 0.2) is 0 Å². The molecule has 1 aromatic rings. The summed E-state index contributed by atoms with van der Waals surface area (Å²) in [6, 6.07) is 0. The highest BCUT2D eigenvalue weighted by Crippen LogP contribution is 2.03. The standard InChI is InChI=1S/C9H16N5O/c1-3-8(2)6-9(15)10-4-5-14-7-11-12-13-14/h6-8H,3-5H2,1-2H3,(H,10,15)/t8-/m1/s1. The van der Waals surface area contributed by atoms with Gasteiger partial charge >= 0.3 is 0 Å². The molecule has 0 bridgehead atoms. The summed E-state index contributed by atoms with van der Waals surface area (Å²) in [6.07, 6.45) is 4.19. The first-order valence-electron chi connectivity index (χ1n) is 5.06. The smallest absolute Gasteiger partial charge is 0.224 e. The molecule has 1 rings (SSSR count). The maximum Gasteiger partial charge on any atom is 0.224 e. The van der Waals surface area contributed by atoms with Crippen LogP contribution in [0.15, 0.2) is 6.33 Å². The van der Waals surface area contributed by atoms with Crippen molar-refractivity contribution in [2.24, 2.45) is 5.92 Å². The number of carbonyl (C=O) groups excluding carboxylic acids is 1. The third-order valence-corrected chi connectivity index (χ3v) is 2.11. The minimum Gasteiger partial charge on any atom is -0.354 e. The molecule has 1 aromatic heterocycles. The van der Waals surface area contributed by atoms with Crippen LogP contribution in [0.25, 0.3) is 0 Å². The van der Waals surface area contributed by atoms with Gasteiger partial charge in [0.05, 0.1) is 13.0 Å². The SMILES string of the molecule is CC[C@@H](C)[CH]C(=O)NCCn1cnnn1. The fourth-order valence-corrected chi connectivity index (χ4v) is 1.01. The minimum atomic E-state index is -0.0302. The predicted octanol–water partition coefficient (Wildman–Crippen LogP) is 0.0397. The molecule has 6 nitrogen and oxygen atoms in total. The molecule has 0 unspecified atom stereocenters. The zero-order valence-electron chi connectivity index (χ0n) is 9.05. The van der Waals surface area contributed by atoms with Crippen molar-refractivity contribution in [3.8, 4) is 0 Å². The fourth-order valence-electron chi connectivity index (χ4n) is 1.01. The molecular weight excluding hydrogens is 194 g/mol. The average Bonchev–Trinajstić information content (AvgIpc) is 2.70. The van der Waals surface area contributed by atoms with Gasteiger partial charge in [0.2, 0.25) is 5.91 Å². The lowest BCUT2D eigenvalue weighted by molar-refractivity contribution is -0.118. The summed E-state index contributed by atoms with van der Waals surface area (Å²) in [4.78, 5) is 11.3. The highest BCUT2D eigenvalue weighted by Gasteiger charge is 2.06. The Morgan fingerprint density at radius 3 is 3.07 bits per heavy atom. The molecule has 83 valence electrons. The van der Waals surface area contributed by atoms with Crippen LogP contribution in [0, 0.1) is 12.3 Å². The third kappa shape index (κ3) is 4.53. The predicted molar refractivity (Wildman–Crippen MR) is 54.6 cm³/mol. The van der Waals surface area contributed by atoms with E-state index >= 15 is 0 Å². The Morgan fingerprint density at radius 1 is 1.67 bits per heavy atom. The van der Waals surface area contributed by atoms with E-state index in [0.717, 1.165) is 6.42 Å². The van der Waals surface area contributed by atoms with Crippen LogP contribution in [0.4, 0.5) is 0 Å². The maximum absolute atomic E-state index is 11.3. The van der Waals surface area contributed by atoms with Gasteiger partial charge in [0, 0.05) is 6.54 Å². The molecule has 1 heterocycles. The molecule has 0 aliphatic rings. The normalized spacial score (nSPS) is 12.4. The number of nitrogens with zero attached hydrogens (tertiary/aromatic N) is 4. The van der Waals surface area contributed by atoms with Gasteiger partial charge in [-0.3, -0.25) is 4.79 Å². The monoisotopic (exact) mass is 210 g/mol. The number of rotatable bonds is 6. The largest absolute Gasteiger partial charge is 0.354 e. The molecule has 15 heavy (non-hydrogen) atoms. The van der Waals surface area contributed by atoms with Crippen LogP contribution in [0.2, 0.25) is 0 Å². The quantitative estimate of drug-likeness (QED) is 0.719. The molecule has 0 aliphatic heterocycles. The van der Waals surface area contributed by atoms with Crippen molar-refractivity contribution in [3.05, 3.63) is 12.7 Å². The molecule has 0 saturated heterocycles. The summed E-state index contributed by atoms with van der Waals surface area (Å²) < 4.78 is 1.57. The highest BCUT2D eigenvalue weighted by molar-refractivity contribution is 5.84. The second kappa shape index (κ2) is 6.10. The van der Waals surface area contributed by atoms with E-state index in [0.29, 0.717) is 19.0 Å². The fraction of sp³-hybridized carbons (Fsp3) is 0.667. The second-order valence-corrected chi connectivity index (χ2v) is 3.42. The molecule has 0 fully saturated rings. The Labute approximate surface area is 89.0 Å². The molecule has 0 aromatic carbocycles. The number of amides is 1. The van der Waals surface area contributed by atoms with Gasteiger partial charge in [0.1, 0.15) is 6.33 Å². The van der Waals surface area contributed by atoms with E-state index in [2.05, 4.69) is 27.8 Å². The first-order chi connectivity index (χ1) is 7.22. The van der Waals surface area contributed by atoms with E-state index in [-0.39, 0.29) is 5.91 Å². The highest BCUT2D eigenvalue weighted by atomic mass is 16.1. The number of hydrogen-bond donors (Lipinski definition) is 1. The Hall–Kier alpha value is -1.46. The van der Waals surface area contributed by atoms with Gasteiger partial charge < -0.3 is 5.32 Å². The lowest BCUT2D eigenvalue weighted by atomic mass is 10.1. The zero-order valence-corrected chi connectivity index (χ0v) is 9.05. The van der Waals surface area contributed by atoms with Gasteiger partial charge in [-0.05, 0) is 16.3 Å². The van der Waals surface area contributed by atoms with E-state index in [1.165, 1.54) is 6.33 Å². The van der Waals surface area contributed by atoms with Crippen LogP contribution in [-0.2, 0) is 11.3 Å². The molecule has 1 radical (unpaired) electrons. The van der Waals surface area contributed by atoms with Crippen LogP contribution in [-0.4, -0.2) is 32.7 Å². The van der Waals surface area contributed by atoms with Crippen molar-refractivity contribution < 1.29 is 4.79 Å². The molecule has 1 atom stereocenters. The lowest BCUT2D eigenvalue weighted by Crippen LogP contribution is -2.29. The Balaban J connectivity index is 2.12. The van der Waals surface area contributed by atoms with Crippen molar-refractivity contribution in [2.75, 3.05) is 6.54 Å². The zero-order chi connectivity index (χ0) is 11.1. The molecule has 0 spiro atoms. The molecule has 1 N–H and O–H groups in total. The van der Waals surface area contributed by atoms with Crippen molar-refractivity contribution in [2.45, 2.75) is 26.8 Å². The van der Waals surface area contributed by atoms with E-state index < -0.39 is 0 Å². The molecular formula is C9H16N5O. The first kappa shape index (κ1) is 11.6. The Bertz CT molecular complexity index is 285. The van der Waals surface area contributed by atoms with Crippen molar-refractivity contribution in [1.82, 2.24) is 25.5 Å². The number of nitrogens with one attached hydrogen (secondary N) is 1. The number of aromatic nitrogens is 4. The molecule has 0 aliphatic carbocycles. The summed E-state index contributed by atoms with van der Waals surface area (Å²) >= 11 is 0.